The molecule has 0 aliphatic heterocycles. The van der Waals surface area contributed by atoms with E-state index < -0.39 is 0 Å². The van der Waals surface area contributed by atoms with Gasteiger partial charge in [-0.15, -0.1) is 11.6 Å². The van der Waals surface area contributed by atoms with Gasteiger partial charge in [-0.05, 0) is 36.5 Å². The van der Waals surface area contributed by atoms with Crippen molar-refractivity contribution in [1.82, 2.24) is 0 Å². The maximum atomic E-state index is 13.2. The highest BCUT2D eigenvalue weighted by atomic mass is 35.5. The molecule has 1 fully saturated rings. The summed E-state index contributed by atoms with van der Waals surface area (Å²) in [7, 11) is 0. The van der Waals surface area contributed by atoms with E-state index in [0.717, 1.165) is 5.56 Å². The molecule has 1 aliphatic rings. The largest absolute Gasteiger partial charge is 0.493 e. The van der Waals surface area contributed by atoms with Crippen molar-refractivity contribution < 1.29 is 9.13 Å². The van der Waals surface area contributed by atoms with Crippen molar-refractivity contribution in [3.05, 3.63) is 29.6 Å². The summed E-state index contributed by atoms with van der Waals surface area (Å²) in [6, 6.07) is 4.67. The molecule has 0 spiro atoms. The molecule has 88 valence electrons. The Labute approximate surface area is 101 Å². The molecule has 0 atom stereocenters. The molecule has 0 heterocycles. The third-order valence-corrected chi connectivity index (χ3v) is 3.35. The number of rotatable bonds is 4. The maximum Gasteiger partial charge on any atom is 0.127 e. The second-order valence-electron chi connectivity index (χ2n) is 4.39. The Bertz CT molecular complexity index is 348. The van der Waals surface area contributed by atoms with Crippen molar-refractivity contribution in [3.8, 4) is 5.75 Å². The first-order valence-corrected chi connectivity index (χ1v) is 6.29. The predicted octanol–water partition coefficient (Wildman–Crippen LogP) is 4.13. The minimum Gasteiger partial charge on any atom is -0.493 e. The van der Waals surface area contributed by atoms with Crippen LogP contribution < -0.4 is 4.74 Å². The average Bonchev–Trinajstić information content (AvgIpc) is 2.78. The average molecular weight is 243 g/mol. The molecule has 16 heavy (non-hydrogen) atoms. The third-order valence-electron chi connectivity index (χ3n) is 3.05. The number of benzene rings is 1. The fraction of sp³-hybridized carbons (Fsp3) is 0.538. The van der Waals surface area contributed by atoms with Crippen LogP contribution in [0.5, 0.6) is 5.75 Å². The normalized spacial score (nSPS) is 16.6. The quantitative estimate of drug-likeness (QED) is 0.722. The van der Waals surface area contributed by atoms with Crippen molar-refractivity contribution in [1.29, 1.82) is 0 Å². The topological polar surface area (TPSA) is 9.23 Å². The van der Waals surface area contributed by atoms with Crippen LogP contribution in [0.1, 0.15) is 31.2 Å². The van der Waals surface area contributed by atoms with Crippen LogP contribution in [-0.2, 0) is 5.88 Å². The van der Waals surface area contributed by atoms with E-state index in [2.05, 4.69) is 0 Å². The second-order valence-corrected chi connectivity index (χ2v) is 4.66. The van der Waals surface area contributed by atoms with Gasteiger partial charge in [-0.25, -0.2) is 4.39 Å². The van der Waals surface area contributed by atoms with Gasteiger partial charge in [0.25, 0.3) is 0 Å². The van der Waals surface area contributed by atoms with Gasteiger partial charge in [-0.2, -0.15) is 0 Å². The van der Waals surface area contributed by atoms with Crippen LogP contribution in [0.4, 0.5) is 4.39 Å². The van der Waals surface area contributed by atoms with Crippen LogP contribution in [0, 0.1) is 11.7 Å². The molecule has 0 aromatic heterocycles. The molecule has 0 bridgehead atoms. The molecule has 0 amide bonds. The van der Waals surface area contributed by atoms with Crippen molar-refractivity contribution in [2.45, 2.75) is 31.6 Å². The van der Waals surface area contributed by atoms with Gasteiger partial charge in [-0.1, -0.05) is 12.8 Å². The second kappa shape index (κ2) is 5.53. The zero-order valence-corrected chi connectivity index (χ0v) is 9.97. The number of hydrogen-bond acceptors (Lipinski definition) is 1. The monoisotopic (exact) mass is 242 g/mol. The van der Waals surface area contributed by atoms with E-state index in [9.17, 15) is 4.39 Å². The number of alkyl halides is 1. The molecule has 1 aliphatic carbocycles. The van der Waals surface area contributed by atoms with E-state index in [4.69, 9.17) is 16.3 Å². The van der Waals surface area contributed by atoms with E-state index in [1.54, 1.807) is 0 Å². The Kier molecular flexibility index (Phi) is 4.05. The van der Waals surface area contributed by atoms with Gasteiger partial charge < -0.3 is 4.74 Å². The van der Waals surface area contributed by atoms with Crippen LogP contribution in [-0.4, -0.2) is 6.61 Å². The standard InChI is InChI=1S/C13H16ClFO/c14-8-11-5-12(15)7-13(6-11)16-9-10-3-1-2-4-10/h5-7,10H,1-4,8-9H2. The first-order valence-electron chi connectivity index (χ1n) is 5.76. The molecule has 1 saturated carbocycles. The predicted molar refractivity (Wildman–Crippen MR) is 63.4 cm³/mol. The Balaban J connectivity index is 1.94. The van der Waals surface area contributed by atoms with Crippen molar-refractivity contribution in [2.75, 3.05) is 6.61 Å². The lowest BCUT2D eigenvalue weighted by Crippen LogP contribution is -2.08. The Morgan fingerprint density at radius 3 is 2.69 bits per heavy atom. The molecule has 0 saturated heterocycles. The van der Waals surface area contributed by atoms with Crippen molar-refractivity contribution in [3.63, 3.8) is 0 Å². The molecular weight excluding hydrogens is 227 g/mol. The number of halogens is 2. The summed E-state index contributed by atoms with van der Waals surface area (Å²) in [5.41, 5.74) is 0.767. The molecule has 3 heteroatoms. The summed E-state index contributed by atoms with van der Waals surface area (Å²) in [4.78, 5) is 0. The highest BCUT2D eigenvalue weighted by Crippen LogP contribution is 2.26. The van der Waals surface area contributed by atoms with Crippen LogP contribution >= 0.6 is 11.6 Å². The molecule has 2 rings (SSSR count). The zero-order valence-electron chi connectivity index (χ0n) is 9.22. The summed E-state index contributed by atoms with van der Waals surface area (Å²) in [5, 5.41) is 0. The smallest absolute Gasteiger partial charge is 0.127 e. The summed E-state index contributed by atoms with van der Waals surface area (Å²) >= 11 is 5.68. The number of ether oxygens (including phenoxy) is 1. The lowest BCUT2D eigenvalue weighted by Gasteiger charge is -2.12. The highest BCUT2D eigenvalue weighted by Gasteiger charge is 2.15. The van der Waals surface area contributed by atoms with Gasteiger partial charge in [0.15, 0.2) is 0 Å². The molecule has 0 N–H and O–H groups in total. The Morgan fingerprint density at radius 2 is 2.00 bits per heavy atom. The first-order chi connectivity index (χ1) is 7.78. The lowest BCUT2D eigenvalue weighted by atomic mass is 10.1. The first kappa shape index (κ1) is 11.7. The van der Waals surface area contributed by atoms with E-state index >= 15 is 0 Å². The molecule has 1 nitrogen and oxygen atoms in total. The van der Waals surface area contributed by atoms with Crippen LogP contribution in [0.3, 0.4) is 0 Å². The fourth-order valence-electron chi connectivity index (χ4n) is 2.17. The minimum atomic E-state index is -0.278. The Morgan fingerprint density at radius 1 is 1.25 bits per heavy atom. The molecule has 1 aromatic rings. The van der Waals surface area contributed by atoms with Gasteiger partial charge in [0.05, 0.1) is 6.61 Å². The molecule has 0 radical (unpaired) electrons. The third kappa shape index (κ3) is 3.11. The summed E-state index contributed by atoms with van der Waals surface area (Å²) in [6.45, 7) is 0.700. The maximum absolute atomic E-state index is 13.2. The van der Waals surface area contributed by atoms with Gasteiger partial charge in [0.1, 0.15) is 11.6 Å². The van der Waals surface area contributed by atoms with E-state index in [0.29, 0.717) is 24.2 Å². The fourth-order valence-corrected chi connectivity index (χ4v) is 2.33. The van der Waals surface area contributed by atoms with Crippen LogP contribution in [0.15, 0.2) is 18.2 Å². The van der Waals surface area contributed by atoms with E-state index in [-0.39, 0.29) is 5.82 Å². The molecule has 0 unspecified atom stereocenters. The van der Waals surface area contributed by atoms with Gasteiger partial charge >= 0.3 is 0 Å². The van der Waals surface area contributed by atoms with Crippen LogP contribution in [0.2, 0.25) is 0 Å². The molecule has 1 aromatic carbocycles. The summed E-state index contributed by atoms with van der Waals surface area (Å²) in [5.74, 6) is 1.28. The minimum absolute atomic E-state index is 0.278. The summed E-state index contributed by atoms with van der Waals surface area (Å²) < 4.78 is 18.8. The highest BCUT2D eigenvalue weighted by molar-refractivity contribution is 6.17. The molecular formula is C13H16ClFO. The van der Waals surface area contributed by atoms with Gasteiger partial charge in [-0.3, -0.25) is 0 Å². The number of hydrogen-bond donors (Lipinski definition) is 0. The zero-order chi connectivity index (χ0) is 11.4. The SMILES string of the molecule is Fc1cc(CCl)cc(OCC2CCCC2)c1. The summed E-state index contributed by atoms with van der Waals surface area (Å²) in [6.07, 6.45) is 5.06. The van der Waals surface area contributed by atoms with Crippen LogP contribution in [0.25, 0.3) is 0 Å². The van der Waals surface area contributed by atoms with Gasteiger partial charge in [0.2, 0.25) is 0 Å². The van der Waals surface area contributed by atoms with Gasteiger partial charge in [0, 0.05) is 11.9 Å². The van der Waals surface area contributed by atoms with Crippen molar-refractivity contribution >= 4 is 11.6 Å². The lowest BCUT2D eigenvalue weighted by molar-refractivity contribution is 0.251. The van der Waals surface area contributed by atoms with Crippen molar-refractivity contribution in [2.24, 2.45) is 5.92 Å². The Hall–Kier alpha value is -0.760. The van der Waals surface area contributed by atoms with E-state index in [1.807, 2.05) is 6.07 Å². The van der Waals surface area contributed by atoms with E-state index in [1.165, 1.54) is 37.8 Å².